The van der Waals surface area contributed by atoms with E-state index in [9.17, 15) is 22.8 Å². The number of amides is 2. The van der Waals surface area contributed by atoms with Crippen molar-refractivity contribution in [3.63, 3.8) is 0 Å². The summed E-state index contributed by atoms with van der Waals surface area (Å²) in [5.41, 5.74) is 0.742. The second kappa shape index (κ2) is 9.02. The summed E-state index contributed by atoms with van der Waals surface area (Å²) in [5, 5.41) is 2.78. The molecule has 1 atom stereocenters. The van der Waals surface area contributed by atoms with Crippen molar-refractivity contribution in [2.24, 2.45) is 0 Å². The molecule has 1 N–H and O–H groups in total. The molecule has 10 heteroatoms. The summed E-state index contributed by atoms with van der Waals surface area (Å²) < 4.78 is 46.2. The summed E-state index contributed by atoms with van der Waals surface area (Å²) in [5.74, 6) is -0.318. The van der Waals surface area contributed by atoms with Crippen molar-refractivity contribution in [3.8, 4) is 11.6 Å². The van der Waals surface area contributed by atoms with Crippen LogP contribution in [0.3, 0.4) is 0 Å². The fourth-order valence-electron chi connectivity index (χ4n) is 3.10. The molecular weight excluding hydrogens is 403 g/mol. The molecule has 1 aromatic carbocycles. The molecule has 1 aromatic heterocycles. The third-order valence-corrected chi connectivity index (χ3v) is 4.54. The second-order valence-electron chi connectivity index (χ2n) is 6.66. The summed E-state index contributed by atoms with van der Waals surface area (Å²) in [6.45, 7) is -1.07. The van der Waals surface area contributed by atoms with E-state index in [4.69, 9.17) is 4.74 Å². The van der Waals surface area contributed by atoms with Gasteiger partial charge in [0.2, 0.25) is 11.8 Å². The largest absolute Gasteiger partial charge is 0.497 e. The fourth-order valence-corrected chi connectivity index (χ4v) is 3.10. The average Bonchev–Trinajstić information content (AvgIpc) is 3.22. The van der Waals surface area contributed by atoms with E-state index >= 15 is 0 Å². The first-order valence-corrected chi connectivity index (χ1v) is 9.18. The van der Waals surface area contributed by atoms with Gasteiger partial charge in [-0.1, -0.05) is 0 Å². The molecule has 160 valence electrons. The van der Waals surface area contributed by atoms with Gasteiger partial charge in [0.15, 0.2) is 6.61 Å². The molecule has 0 spiro atoms. The molecule has 2 amide bonds. The van der Waals surface area contributed by atoms with Crippen LogP contribution in [0.4, 0.5) is 18.9 Å². The second-order valence-corrected chi connectivity index (χ2v) is 6.66. The number of aromatic nitrogens is 1. The summed E-state index contributed by atoms with van der Waals surface area (Å²) in [6.07, 6.45) is -2.17. The van der Waals surface area contributed by atoms with Crippen molar-refractivity contribution in [1.29, 1.82) is 0 Å². The van der Waals surface area contributed by atoms with Gasteiger partial charge in [-0.3, -0.25) is 9.59 Å². The topological polar surface area (TPSA) is 80.8 Å². The number of anilines is 1. The molecule has 1 unspecified atom stereocenters. The number of carbonyl (C=O) groups is 2. The SMILES string of the molecule is COc1ccc(NC(=O)C2CCCN2C(=O)c2ccc(OCC(F)(F)F)nc2)cc1. The van der Waals surface area contributed by atoms with Gasteiger partial charge in [0.25, 0.3) is 5.91 Å². The van der Waals surface area contributed by atoms with Crippen molar-refractivity contribution >= 4 is 17.5 Å². The zero-order chi connectivity index (χ0) is 21.7. The van der Waals surface area contributed by atoms with E-state index in [2.05, 4.69) is 15.0 Å². The number of rotatable bonds is 6. The number of pyridine rings is 1. The van der Waals surface area contributed by atoms with Crippen LogP contribution in [0.25, 0.3) is 0 Å². The number of methoxy groups -OCH3 is 1. The number of alkyl halides is 3. The van der Waals surface area contributed by atoms with Gasteiger partial charge in [0, 0.05) is 24.5 Å². The van der Waals surface area contributed by atoms with Crippen molar-refractivity contribution < 1.29 is 32.2 Å². The quantitative estimate of drug-likeness (QED) is 0.771. The fraction of sp³-hybridized carbons (Fsp3) is 0.350. The molecule has 1 aliphatic rings. The lowest BCUT2D eigenvalue weighted by atomic mass is 10.1. The first kappa shape index (κ1) is 21.4. The van der Waals surface area contributed by atoms with Crippen LogP contribution in [0.5, 0.6) is 11.6 Å². The lowest BCUT2D eigenvalue weighted by Crippen LogP contribution is -2.43. The average molecular weight is 423 g/mol. The Kier molecular flexibility index (Phi) is 6.43. The highest BCUT2D eigenvalue weighted by Gasteiger charge is 2.35. The van der Waals surface area contributed by atoms with Crippen LogP contribution in [0.15, 0.2) is 42.6 Å². The molecule has 7 nitrogen and oxygen atoms in total. The highest BCUT2D eigenvalue weighted by Crippen LogP contribution is 2.23. The smallest absolute Gasteiger partial charge is 0.422 e. The van der Waals surface area contributed by atoms with Crippen LogP contribution in [-0.4, -0.2) is 54.2 Å². The Morgan fingerprint density at radius 2 is 1.93 bits per heavy atom. The number of hydrogen-bond acceptors (Lipinski definition) is 5. The highest BCUT2D eigenvalue weighted by atomic mass is 19.4. The highest BCUT2D eigenvalue weighted by molar-refractivity contribution is 6.01. The summed E-state index contributed by atoms with van der Waals surface area (Å²) in [4.78, 5) is 30.6. The van der Waals surface area contributed by atoms with Crippen molar-refractivity contribution in [2.75, 3.05) is 25.6 Å². The maximum Gasteiger partial charge on any atom is 0.422 e. The van der Waals surface area contributed by atoms with Crippen molar-refractivity contribution in [3.05, 3.63) is 48.2 Å². The van der Waals surface area contributed by atoms with Crippen LogP contribution in [0.1, 0.15) is 23.2 Å². The Morgan fingerprint density at radius 1 is 1.20 bits per heavy atom. The Morgan fingerprint density at radius 3 is 2.53 bits per heavy atom. The first-order chi connectivity index (χ1) is 14.3. The molecule has 3 rings (SSSR count). The maximum atomic E-state index is 12.8. The minimum absolute atomic E-state index is 0.165. The minimum Gasteiger partial charge on any atom is -0.497 e. The number of nitrogens with zero attached hydrogens (tertiary/aromatic N) is 2. The van der Waals surface area contributed by atoms with Gasteiger partial charge in [-0.05, 0) is 43.2 Å². The zero-order valence-electron chi connectivity index (χ0n) is 16.1. The number of likely N-dealkylation sites (tertiary alicyclic amines) is 1. The number of nitrogens with one attached hydrogen (secondary N) is 1. The van der Waals surface area contributed by atoms with E-state index in [1.165, 1.54) is 17.0 Å². The molecule has 2 heterocycles. The van der Waals surface area contributed by atoms with Crippen LogP contribution in [-0.2, 0) is 4.79 Å². The number of halogens is 3. The summed E-state index contributed by atoms with van der Waals surface area (Å²) >= 11 is 0. The number of hydrogen-bond donors (Lipinski definition) is 1. The number of benzene rings is 1. The monoisotopic (exact) mass is 423 g/mol. The molecule has 1 fully saturated rings. The standard InChI is InChI=1S/C20H20F3N3O4/c1-29-15-7-5-14(6-8-15)25-18(27)16-3-2-10-26(16)19(28)13-4-9-17(24-11-13)30-12-20(21,22)23/h4-9,11,16H,2-3,10,12H2,1H3,(H,25,27). The Labute approximate surface area is 170 Å². The zero-order valence-corrected chi connectivity index (χ0v) is 16.1. The molecule has 0 saturated carbocycles. The van der Waals surface area contributed by atoms with E-state index in [-0.39, 0.29) is 17.4 Å². The van der Waals surface area contributed by atoms with E-state index in [0.717, 1.165) is 6.20 Å². The van der Waals surface area contributed by atoms with Gasteiger partial charge in [-0.2, -0.15) is 13.2 Å². The van der Waals surface area contributed by atoms with E-state index < -0.39 is 24.7 Å². The van der Waals surface area contributed by atoms with Gasteiger partial charge < -0.3 is 19.7 Å². The number of ether oxygens (including phenoxy) is 2. The van der Waals surface area contributed by atoms with E-state index in [1.54, 1.807) is 31.4 Å². The molecule has 0 aliphatic carbocycles. The maximum absolute atomic E-state index is 12.8. The molecule has 0 radical (unpaired) electrons. The molecule has 1 saturated heterocycles. The normalized spacial score (nSPS) is 16.3. The van der Waals surface area contributed by atoms with Gasteiger partial charge in [-0.25, -0.2) is 4.98 Å². The molecule has 30 heavy (non-hydrogen) atoms. The lowest BCUT2D eigenvalue weighted by molar-refractivity contribution is -0.154. The Hall–Kier alpha value is -3.30. The van der Waals surface area contributed by atoms with Gasteiger partial charge >= 0.3 is 6.18 Å². The Balaban J connectivity index is 1.63. The van der Waals surface area contributed by atoms with Crippen LogP contribution >= 0.6 is 0 Å². The first-order valence-electron chi connectivity index (χ1n) is 9.18. The molecular formula is C20H20F3N3O4. The lowest BCUT2D eigenvalue weighted by Gasteiger charge is -2.24. The number of carbonyl (C=O) groups excluding carboxylic acids is 2. The molecule has 2 aromatic rings. The van der Waals surface area contributed by atoms with E-state index in [1.807, 2.05) is 0 Å². The van der Waals surface area contributed by atoms with Gasteiger partial charge in [0.05, 0.1) is 12.7 Å². The van der Waals surface area contributed by atoms with Crippen molar-refractivity contribution in [2.45, 2.75) is 25.1 Å². The third kappa shape index (κ3) is 5.40. The van der Waals surface area contributed by atoms with Gasteiger partial charge in [0.1, 0.15) is 11.8 Å². The van der Waals surface area contributed by atoms with Crippen LogP contribution in [0.2, 0.25) is 0 Å². The molecule has 1 aliphatic heterocycles. The summed E-state index contributed by atoms with van der Waals surface area (Å²) in [6, 6.07) is 8.69. The van der Waals surface area contributed by atoms with Gasteiger partial charge in [-0.15, -0.1) is 0 Å². The minimum atomic E-state index is -4.48. The molecule has 0 bridgehead atoms. The van der Waals surface area contributed by atoms with Crippen LogP contribution < -0.4 is 14.8 Å². The Bertz CT molecular complexity index is 886. The summed E-state index contributed by atoms with van der Waals surface area (Å²) in [7, 11) is 1.54. The van der Waals surface area contributed by atoms with E-state index in [0.29, 0.717) is 30.8 Å². The third-order valence-electron chi connectivity index (χ3n) is 4.54. The van der Waals surface area contributed by atoms with Crippen LogP contribution in [0, 0.1) is 0 Å². The predicted octanol–water partition coefficient (Wildman–Crippen LogP) is 3.27. The predicted molar refractivity (Wildman–Crippen MR) is 101 cm³/mol. The van der Waals surface area contributed by atoms with Crippen molar-refractivity contribution in [1.82, 2.24) is 9.88 Å².